The molecular formula is C23H34F3N5O5. The highest BCUT2D eigenvalue weighted by Gasteiger charge is 2.70. The summed E-state index contributed by atoms with van der Waals surface area (Å²) in [5, 5.41) is 6.40. The predicted molar refractivity (Wildman–Crippen MR) is 121 cm³/mol. The SMILES string of the molecule is [2H]C1([2H])C[C@@H](C[C@H](NC(=O)[C@@H]2[C@@H]3[C@H](CN2C(=O)[C@H](NC(=O)C(F)(F)F)C(C)(C)C)C3(C)C)C(N)=O)C(=O)N1. The van der Waals surface area contributed by atoms with Crippen molar-refractivity contribution in [2.24, 2.45) is 34.3 Å². The highest BCUT2D eigenvalue weighted by atomic mass is 19.4. The molecule has 0 aromatic carbocycles. The van der Waals surface area contributed by atoms with Crippen molar-refractivity contribution in [3.8, 4) is 0 Å². The number of hydrogen-bond donors (Lipinski definition) is 4. The van der Waals surface area contributed by atoms with Crippen molar-refractivity contribution in [2.45, 2.75) is 71.8 Å². The van der Waals surface area contributed by atoms with Crippen LogP contribution in [0, 0.1) is 28.6 Å². The molecule has 0 radical (unpaired) electrons. The van der Waals surface area contributed by atoms with E-state index in [-0.39, 0.29) is 36.6 Å². The monoisotopic (exact) mass is 519 g/mol. The van der Waals surface area contributed by atoms with Crippen LogP contribution in [0.4, 0.5) is 13.2 Å². The minimum absolute atomic E-state index is 0.0650. The first-order chi connectivity index (χ1) is 17.1. The van der Waals surface area contributed by atoms with Crippen LogP contribution in [-0.2, 0) is 24.0 Å². The van der Waals surface area contributed by atoms with E-state index >= 15 is 0 Å². The molecule has 202 valence electrons. The van der Waals surface area contributed by atoms with E-state index < -0.39 is 71.7 Å². The highest BCUT2D eigenvalue weighted by molar-refractivity contribution is 5.96. The lowest BCUT2D eigenvalue weighted by molar-refractivity contribution is -0.176. The third kappa shape index (κ3) is 5.29. The molecule has 10 nitrogen and oxygen atoms in total. The minimum atomic E-state index is -5.22. The van der Waals surface area contributed by atoms with Crippen LogP contribution in [0.5, 0.6) is 0 Å². The van der Waals surface area contributed by atoms with Gasteiger partial charge >= 0.3 is 12.1 Å². The standard InChI is InChI=1S/C23H34F3N5O5/c1-21(2,3)15(30-20(36)23(24,25)26)19(35)31-9-11-13(22(11,4)5)14(31)18(34)29-12(16(27)32)8-10-6-7-28-17(10)33/h10-15H,6-9H2,1-5H3,(H2,27,32)(H,28,33)(H,29,34)(H,30,36)/t10-,11-,12-,13-,14-,15-/m0/s1/i7D2. The first-order valence-corrected chi connectivity index (χ1v) is 11.7. The number of alkyl halides is 3. The van der Waals surface area contributed by atoms with Gasteiger partial charge in [0.2, 0.25) is 23.6 Å². The molecule has 2 saturated heterocycles. The average molecular weight is 520 g/mol. The van der Waals surface area contributed by atoms with E-state index in [9.17, 15) is 37.1 Å². The summed E-state index contributed by atoms with van der Waals surface area (Å²) in [4.78, 5) is 64.1. The van der Waals surface area contributed by atoms with Gasteiger partial charge in [0, 0.05) is 21.7 Å². The lowest BCUT2D eigenvalue weighted by Crippen LogP contribution is -2.61. The Morgan fingerprint density at radius 2 is 1.83 bits per heavy atom. The van der Waals surface area contributed by atoms with Crippen LogP contribution in [0.3, 0.4) is 0 Å². The van der Waals surface area contributed by atoms with E-state index in [1.54, 1.807) is 5.32 Å². The average Bonchev–Trinajstić information content (AvgIpc) is 3.03. The molecule has 1 aliphatic carbocycles. The summed E-state index contributed by atoms with van der Waals surface area (Å²) in [5.74, 6) is -6.94. The Kier molecular flexibility index (Phi) is 6.36. The lowest BCUT2D eigenvalue weighted by Gasteiger charge is -2.38. The fraction of sp³-hybridized carbons (Fsp3) is 0.783. The van der Waals surface area contributed by atoms with Crippen LogP contribution >= 0.6 is 0 Å². The molecule has 2 heterocycles. The third-order valence-corrected chi connectivity index (χ3v) is 7.52. The fourth-order valence-corrected chi connectivity index (χ4v) is 5.27. The van der Waals surface area contributed by atoms with Crippen LogP contribution in [0.1, 0.15) is 50.2 Å². The first-order valence-electron chi connectivity index (χ1n) is 12.7. The molecule has 0 unspecified atom stereocenters. The maximum Gasteiger partial charge on any atom is 0.471 e. The Labute approximate surface area is 210 Å². The maximum atomic E-state index is 13.5. The Balaban J connectivity index is 1.84. The fourth-order valence-electron chi connectivity index (χ4n) is 5.27. The zero-order chi connectivity index (χ0) is 29.2. The van der Waals surface area contributed by atoms with Gasteiger partial charge in [-0.15, -0.1) is 0 Å². The van der Waals surface area contributed by atoms with Crippen LogP contribution in [0.15, 0.2) is 0 Å². The zero-order valence-electron chi connectivity index (χ0n) is 22.8. The summed E-state index contributed by atoms with van der Waals surface area (Å²) in [6.45, 7) is 6.30. The Morgan fingerprint density at radius 1 is 1.22 bits per heavy atom. The van der Waals surface area contributed by atoms with E-state index in [4.69, 9.17) is 8.48 Å². The summed E-state index contributed by atoms with van der Waals surface area (Å²) in [6, 6.07) is -4.10. The number of carbonyl (C=O) groups excluding carboxylic acids is 5. The van der Waals surface area contributed by atoms with Gasteiger partial charge in [-0.1, -0.05) is 34.6 Å². The molecule has 0 aromatic rings. The number of nitrogens with zero attached hydrogens (tertiary/aromatic N) is 1. The van der Waals surface area contributed by atoms with Gasteiger partial charge in [0.1, 0.15) is 18.1 Å². The van der Waals surface area contributed by atoms with E-state index in [0.29, 0.717) is 0 Å². The summed E-state index contributed by atoms with van der Waals surface area (Å²) < 4.78 is 54.3. The molecule has 13 heteroatoms. The van der Waals surface area contributed by atoms with E-state index in [0.717, 1.165) is 4.90 Å². The number of nitrogens with one attached hydrogen (secondary N) is 3. The number of piperidine rings is 1. The normalized spacial score (nSPS) is 30.8. The first kappa shape index (κ1) is 24.8. The molecule has 36 heavy (non-hydrogen) atoms. The molecular weight excluding hydrogens is 483 g/mol. The molecule has 2 aliphatic heterocycles. The van der Waals surface area contributed by atoms with Crippen molar-refractivity contribution in [2.75, 3.05) is 13.0 Å². The molecule has 0 spiro atoms. The summed E-state index contributed by atoms with van der Waals surface area (Å²) in [6.07, 6.45) is -5.72. The minimum Gasteiger partial charge on any atom is -0.368 e. The van der Waals surface area contributed by atoms with Gasteiger partial charge in [-0.25, -0.2) is 0 Å². The largest absolute Gasteiger partial charge is 0.471 e. The van der Waals surface area contributed by atoms with Gasteiger partial charge in [-0.3, -0.25) is 24.0 Å². The van der Waals surface area contributed by atoms with Crippen molar-refractivity contribution in [1.82, 2.24) is 20.9 Å². The number of halogens is 3. The molecule has 3 rings (SSSR count). The molecule has 5 amide bonds. The molecule has 3 aliphatic rings. The van der Waals surface area contributed by atoms with Crippen LogP contribution in [0.25, 0.3) is 0 Å². The topological polar surface area (TPSA) is 151 Å². The zero-order valence-corrected chi connectivity index (χ0v) is 20.8. The second-order valence-corrected chi connectivity index (χ2v) is 11.4. The number of rotatable bonds is 7. The van der Waals surface area contributed by atoms with Gasteiger partial charge in [-0.05, 0) is 35.5 Å². The maximum absolute atomic E-state index is 13.5. The molecule has 1 saturated carbocycles. The second-order valence-electron chi connectivity index (χ2n) is 11.4. The summed E-state index contributed by atoms with van der Waals surface area (Å²) >= 11 is 0. The lowest BCUT2D eigenvalue weighted by atomic mass is 9.85. The summed E-state index contributed by atoms with van der Waals surface area (Å²) in [7, 11) is 0. The quantitative estimate of drug-likeness (QED) is 0.375. The van der Waals surface area contributed by atoms with Gasteiger partial charge < -0.3 is 26.6 Å². The van der Waals surface area contributed by atoms with Crippen molar-refractivity contribution >= 4 is 29.5 Å². The molecule has 0 bridgehead atoms. The number of likely N-dealkylation sites (tertiary alicyclic amines) is 1. The Morgan fingerprint density at radius 3 is 2.31 bits per heavy atom. The van der Waals surface area contributed by atoms with Crippen molar-refractivity contribution in [3.63, 3.8) is 0 Å². The highest BCUT2D eigenvalue weighted by Crippen LogP contribution is 2.65. The van der Waals surface area contributed by atoms with E-state index in [2.05, 4.69) is 10.6 Å². The van der Waals surface area contributed by atoms with Crippen molar-refractivity contribution < 1.29 is 39.9 Å². The van der Waals surface area contributed by atoms with Crippen LogP contribution < -0.4 is 21.7 Å². The van der Waals surface area contributed by atoms with Crippen molar-refractivity contribution in [1.29, 1.82) is 0 Å². The summed E-state index contributed by atoms with van der Waals surface area (Å²) in [5.41, 5.74) is 3.96. The number of nitrogens with two attached hydrogens (primary N) is 1. The van der Waals surface area contributed by atoms with E-state index in [1.165, 1.54) is 20.8 Å². The number of fused-ring (bicyclic) bond motifs is 1. The molecule has 3 fully saturated rings. The smallest absolute Gasteiger partial charge is 0.368 e. The van der Waals surface area contributed by atoms with Gasteiger partial charge in [-0.2, -0.15) is 13.2 Å². The Hall–Kier alpha value is -2.86. The second kappa shape index (κ2) is 9.22. The van der Waals surface area contributed by atoms with Gasteiger partial charge in [0.05, 0.1) is 0 Å². The number of hydrogen-bond acceptors (Lipinski definition) is 5. The molecule has 5 N–H and O–H groups in total. The Bertz CT molecular complexity index is 1050. The van der Waals surface area contributed by atoms with Gasteiger partial charge in [0.25, 0.3) is 0 Å². The number of amides is 5. The number of carbonyl (C=O) groups is 5. The van der Waals surface area contributed by atoms with Crippen LogP contribution in [-0.4, -0.2) is 71.8 Å². The van der Waals surface area contributed by atoms with E-state index in [1.807, 2.05) is 13.8 Å². The molecule has 0 aromatic heterocycles. The van der Waals surface area contributed by atoms with Crippen molar-refractivity contribution in [3.05, 3.63) is 0 Å². The predicted octanol–water partition coefficient (Wildman–Crippen LogP) is 0.0589. The third-order valence-electron chi connectivity index (χ3n) is 7.52. The van der Waals surface area contributed by atoms with Gasteiger partial charge in [0.15, 0.2) is 0 Å². The van der Waals surface area contributed by atoms with Crippen LogP contribution in [0.2, 0.25) is 0 Å². The number of primary amides is 1. The molecule has 6 atom stereocenters.